The number of nitrogens with two attached hydrogens (primary N) is 3. The number of carbonyl (C=O) groups excluding carboxylic acids is 3. The number of aldehydes is 1. The van der Waals surface area contributed by atoms with Crippen LogP contribution in [-0.2, 0) is 42.8 Å². The number of hydrogen-bond acceptors (Lipinski definition) is 12. The van der Waals surface area contributed by atoms with Crippen LogP contribution in [0.25, 0.3) is 0 Å². The van der Waals surface area contributed by atoms with Crippen molar-refractivity contribution in [3.63, 3.8) is 0 Å². The number of hydrogen-bond donors (Lipinski definition) is 5. The van der Waals surface area contributed by atoms with Crippen molar-refractivity contribution in [3.05, 3.63) is 0 Å². The van der Waals surface area contributed by atoms with E-state index in [-0.39, 0.29) is 62.7 Å². The second-order valence-electron chi connectivity index (χ2n) is 12.6. The number of amides is 2. The van der Waals surface area contributed by atoms with E-state index >= 15 is 0 Å². The van der Waals surface area contributed by atoms with E-state index in [4.69, 9.17) is 45.6 Å². The number of methoxy groups -OCH3 is 6. The van der Waals surface area contributed by atoms with Crippen molar-refractivity contribution in [1.29, 1.82) is 0 Å². The number of nitrogens with one attached hydrogen (secondary N) is 2. The second-order valence-corrected chi connectivity index (χ2v) is 12.6. The van der Waals surface area contributed by atoms with Gasteiger partial charge < -0.3 is 61.1 Å². The Kier molecular flexibility index (Phi) is 126. The lowest BCUT2D eigenvalue weighted by Gasteiger charge is -2.11. The molecule has 0 spiro atoms. The first-order valence-corrected chi connectivity index (χ1v) is 18.8. The van der Waals surface area contributed by atoms with Gasteiger partial charge in [-0.05, 0) is 90.0 Å². The van der Waals surface area contributed by atoms with Crippen molar-refractivity contribution < 1.29 is 42.8 Å². The quantitative estimate of drug-likeness (QED) is 0.0476. The maximum Gasteiger partial charge on any atom is 0.207 e. The molecule has 0 saturated heterocycles. The molecule has 0 fully saturated rings. The van der Waals surface area contributed by atoms with E-state index in [0.29, 0.717) is 43.9 Å². The first-order chi connectivity index (χ1) is 24.8. The molecule has 0 bridgehead atoms. The molecule has 0 aromatic carbocycles. The molecule has 0 radical (unpaired) electrons. The van der Waals surface area contributed by atoms with Crippen molar-refractivity contribution in [2.24, 2.45) is 29.0 Å². The average Bonchev–Trinajstić information content (AvgIpc) is 3.15. The molecule has 6 atom stereocenters. The SMILES string of the molecule is C.C.C.C.C.C.CCC(CCOC)NC=O.CCC(N)CCOC.COCCC(C)CCC=O.COCCC(C)CN.COCCC(C)N.COCCC(C)NC=O. The summed E-state index contributed by atoms with van der Waals surface area (Å²) in [6.45, 7) is 17.7. The largest absolute Gasteiger partial charge is 0.385 e. The zero-order valence-electron chi connectivity index (χ0n) is 35.6. The standard InChI is InChI=1S/C8H16O2.C7H15NO2.C6H13NO2.2C6H15NO.C5H13NO.6CH4/c1-8(4-3-6-9)5-7-10-2;1-3-7(8-6-9)4-5-10-2;1-6(7-5-8)3-4-9-2;1-6(5-7)3-4-8-2;1-3-6(7)4-5-8-2;1-5(6)3-4-7-2;;;;;;/h6,8H,3-5,7H2,1-2H3;6-7H,3-5H2,1-2H3,(H,8,9);5-6H,3-4H2,1-2H3,(H,7,8);2*6H,3-5,7H2,1-2H3;5H,3-4,6H2,1-2H3;6*1H4. The third kappa shape index (κ3) is 105. The first kappa shape index (κ1) is 87.7. The summed E-state index contributed by atoms with van der Waals surface area (Å²) in [6.07, 6.45) is 11.9. The predicted molar refractivity (Wildman–Crippen MR) is 256 cm³/mol. The summed E-state index contributed by atoms with van der Waals surface area (Å²) >= 11 is 0. The first-order valence-electron chi connectivity index (χ1n) is 18.8. The summed E-state index contributed by atoms with van der Waals surface area (Å²) in [5.74, 6) is 1.22. The minimum Gasteiger partial charge on any atom is -0.385 e. The Balaban J connectivity index is -0.0000000431. The van der Waals surface area contributed by atoms with Crippen LogP contribution >= 0.6 is 0 Å². The summed E-state index contributed by atoms with van der Waals surface area (Å²) in [5, 5.41) is 5.33. The van der Waals surface area contributed by atoms with Gasteiger partial charge in [0.05, 0.1) is 0 Å². The number of carbonyl (C=O) groups is 3. The molecule has 2 amide bonds. The van der Waals surface area contributed by atoms with Gasteiger partial charge >= 0.3 is 0 Å². The summed E-state index contributed by atoms with van der Waals surface area (Å²) in [7, 11) is 10.1. The number of ether oxygens (including phenoxy) is 6. The third-order valence-corrected chi connectivity index (χ3v) is 7.38. The van der Waals surface area contributed by atoms with Gasteiger partial charge in [0.25, 0.3) is 0 Å². The number of rotatable bonds is 28. The molecule has 0 saturated carbocycles. The fourth-order valence-electron chi connectivity index (χ4n) is 3.29. The molecular weight excluding hydrogens is 743 g/mol. The molecule has 0 rings (SSSR count). The molecule has 0 aromatic rings. The van der Waals surface area contributed by atoms with Gasteiger partial charge in [0, 0.05) is 113 Å². The Bertz CT molecular complexity index is 630. The van der Waals surface area contributed by atoms with Crippen LogP contribution in [0.5, 0.6) is 0 Å². The Morgan fingerprint density at radius 1 is 0.500 bits per heavy atom. The highest BCUT2D eigenvalue weighted by atomic mass is 16.5. The van der Waals surface area contributed by atoms with Crippen LogP contribution in [0.3, 0.4) is 0 Å². The van der Waals surface area contributed by atoms with Crippen molar-refractivity contribution in [2.75, 3.05) is 88.8 Å². The van der Waals surface area contributed by atoms with E-state index in [2.05, 4.69) is 31.4 Å². The summed E-state index contributed by atoms with van der Waals surface area (Å²) < 4.78 is 29.0. The van der Waals surface area contributed by atoms with Gasteiger partial charge in [0.15, 0.2) is 0 Å². The molecule has 0 aliphatic carbocycles. The fourth-order valence-corrected chi connectivity index (χ4v) is 3.29. The average molecular weight is 854 g/mol. The van der Waals surface area contributed by atoms with Gasteiger partial charge in [-0.15, -0.1) is 0 Å². The van der Waals surface area contributed by atoms with Gasteiger partial charge in [-0.2, -0.15) is 0 Å². The molecule has 8 N–H and O–H groups in total. The Labute approximate surface area is 364 Å². The zero-order valence-corrected chi connectivity index (χ0v) is 35.6. The van der Waals surface area contributed by atoms with Crippen molar-refractivity contribution in [3.8, 4) is 0 Å². The van der Waals surface area contributed by atoms with Gasteiger partial charge in [0.2, 0.25) is 12.8 Å². The van der Waals surface area contributed by atoms with E-state index in [1.54, 1.807) is 42.7 Å². The van der Waals surface area contributed by atoms with E-state index < -0.39 is 0 Å². The lowest BCUT2D eigenvalue weighted by molar-refractivity contribution is -0.111. The Morgan fingerprint density at radius 3 is 1.21 bits per heavy atom. The summed E-state index contributed by atoms with van der Waals surface area (Å²) in [4.78, 5) is 29.8. The highest BCUT2D eigenvalue weighted by Crippen LogP contribution is 2.08. The maximum atomic E-state index is 9.99. The second kappa shape index (κ2) is 83.0. The van der Waals surface area contributed by atoms with Crippen LogP contribution in [0.4, 0.5) is 0 Å². The van der Waals surface area contributed by atoms with Gasteiger partial charge in [-0.3, -0.25) is 9.59 Å². The molecule has 6 unspecified atom stereocenters. The van der Waals surface area contributed by atoms with Crippen molar-refractivity contribution >= 4 is 19.1 Å². The Morgan fingerprint density at radius 2 is 0.879 bits per heavy atom. The Hall–Kier alpha value is -1.75. The lowest BCUT2D eigenvalue weighted by Crippen LogP contribution is -2.27. The molecular formula is C44H111N5O9. The maximum absolute atomic E-state index is 9.99. The molecule has 0 aliphatic heterocycles. The minimum absolute atomic E-state index is 0. The minimum atomic E-state index is 0. The topological polar surface area (TPSA) is 209 Å². The van der Waals surface area contributed by atoms with Crippen LogP contribution < -0.4 is 27.8 Å². The van der Waals surface area contributed by atoms with Crippen LogP contribution in [0.2, 0.25) is 0 Å². The van der Waals surface area contributed by atoms with Crippen LogP contribution in [0.15, 0.2) is 0 Å². The van der Waals surface area contributed by atoms with Crippen LogP contribution in [0, 0.1) is 11.8 Å². The summed E-state index contributed by atoms with van der Waals surface area (Å²) in [5.41, 5.74) is 16.3. The zero-order chi connectivity index (χ0) is 41.3. The third-order valence-electron chi connectivity index (χ3n) is 7.38. The molecule has 0 heterocycles. The summed E-state index contributed by atoms with van der Waals surface area (Å²) in [6, 6.07) is 1.11. The highest BCUT2D eigenvalue weighted by molar-refractivity contribution is 5.49. The smallest absolute Gasteiger partial charge is 0.207 e. The normalized spacial score (nSPS) is 11.9. The molecule has 0 aromatic heterocycles. The molecule has 366 valence electrons. The van der Waals surface area contributed by atoms with Gasteiger partial charge in [-0.25, -0.2) is 0 Å². The van der Waals surface area contributed by atoms with Gasteiger partial charge in [-0.1, -0.05) is 72.3 Å². The van der Waals surface area contributed by atoms with Crippen LogP contribution in [0.1, 0.15) is 150 Å². The van der Waals surface area contributed by atoms with E-state index in [0.717, 1.165) is 103 Å². The predicted octanol–water partition coefficient (Wildman–Crippen LogP) is 7.91. The lowest BCUT2D eigenvalue weighted by atomic mass is 10.0. The van der Waals surface area contributed by atoms with Gasteiger partial charge in [0.1, 0.15) is 6.29 Å². The van der Waals surface area contributed by atoms with Crippen LogP contribution in [-0.4, -0.2) is 132 Å². The van der Waals surface area contributed by atoms with E-state index in [1.165, 1.54) is 0 Å². The van der Waals surface area contributed by atoms with Crippen molar-refractivity contribution in [1.82, 2.24) is 10.6 Å². The molecule has 0 aliphatic rings. The van der Waals surface area contributed by atoms with Crippen molar-refractivity contribution in [2.45, 2.75) is 174 Å². The van der Waals surface area contributed by atoms with E-state index in [1.807, 2.05) is 20.8 Å². The van der Waals surface area contributed by atoms with E-state index in [9.17, 15) is 14.4 Å². The monoisotopic (exact) mass is 854 g/mol. The molecule has 14 nitrogen and oxygen atoms in total. The molecule has 58 heavy (non-hydrogen) atoms. The molecule has 14 heteroatoms. The highest BCUT2D eigenvalue weighted by Gasteiger charge is 2.02. The fraction of sp³-hybridized carbons (Fsp3) is 0.932.